The minimum Gasteiger partial charge on any atom is -0.493 e. The van der Waals surface area contributed by atoms with Crippen molar-refractivity contribution in [1.29, 1.82) is 0 Å². The van der Waals surface area contributed by atoms with Crippen molar-refractivity contribution in [2.75, 3.05) is 6.61 Å². The molecule has 3 aromatic rings. The molecule has 1 N–H and O–H groups in total. The second-order valence-corrected chi connectivity index (χ2v) is 6.05. The molecule has 1 aromatic heterocycles. The molecule has 24 heavy (non-hydrogen) atoms. The van der Waals surface area contributed by atoms with E-state index in [-0.39, 0.29) is 11.6 Å². The van der Waals surface area contributed by atoms with E-state index in [4.69, 9.17) is 27.9 Å². The number of aryl methyl sites for hydroxylation is 1. The summed E-state index contributed by atoms with van der Waals surface area (Å²) in [4.78, 5) is 11.0. The van der Waals surface area contributed by atoms with Crippen LogP contribution >= 0.6 is 23.2 Å². The molecule has 0 aliphatic rings. The number of aromatic hydroxyl groups is 1. The molecule has 1 heterocycles. The molecule has 3 rings (SSSR count). The summed E-state index contributed by atoms with van der Waals surface area (Å²) in [6.07, 6.45) is 0.615. The lowest BCUT2D eigenvalue weighted by atomic mass is 10.2. The molecule has 0 unspecified atom stereocenters. The van der Waals surface area contributed by atoms with E-state index in [1.54, 1.807) is 34.9 Å². The molecule has 0 atom stereocenters. The molecule has 0 radical (unpaired) electrons. The number of halogens is 2. The predicted octanol–water partition coefficient (Wildman–Crippen LogP) is 5.52. The van der Waals surface area contributed by atoms with Gasteiger partial charge in [-0.1, -0.05) is 35.3 Å². The third-order valence-corrected chi connectivity index (χ3v) is 4.23. The van der Waals surface area contributed by atoms with E-state index in [0.717, 1.165) is 0 Å². The first kappa shape index (κ1) is 16.6. The highest BCUT2D eigenvalue weighted by molar-refractivity contribution is 6.32. The van der Waals surface area contributed by atoms with Crippen molar-refractivity contribution >= 4 is 39.8 Å². The van der Waals surface area contributed by atoms with E-state index in [2.05, 4.69) is 5.18 Å². The Morgan fingerprint density at radius 1 is 1.17 bits per heavy atom. The minimum atomic E-state index is -0.167. The highest BCUT2D eigenvalue weighted by atomic mass is 35.5. The zero-order chi connectivity index (χ0) is 17.1. The molecule has 0 aliphatic heterocycles. The van der Waals surface area contributed by atoms with Gasteiger partial charge in [-0.05, 0) is 41.9 Å². The van der Waals surface area contributed by atoms with Gasteiger partial charge < -0.3 is 14.4 Å². The number of para-hydroxylation sites is 1. The highest BCUT2D eigenvalue weighted by Crippen LogP contribution is 2.39. The van der Waals surface area contributed by atoms with Crippen molar-refractivity contribution in [3.63, 3.8) is 0 Å². The maximum atomic E-state index is 11.0. The van der Waals surface area contributed by atoms with Crippen LogP contribution in [0.25, 0.3) is 10.9 Å². The van der Waals surface area contributed by atoms with Crippen LogP contribution in [0.3, 0.4) is 0 Å². The minimum absolute atomic E-state index is 0.000442. The summed E-state index contributed by atoms with van der Waals surface area (Å²) in [6.45, 7) is 0.879. The lowest BCUT2D eigenvalue weighted by Crippen LogP contribution is -2.04. The van der Waals surface area contributed by atoms with E-state index in [0.29, 0.717) is 46.3 Å². The van der Waals surface area contributed by atoms with Crippen LogP contribution in [0.2, 0.25) is 10.0 Å². The Bertz CT molecular complexity index is 893. The summed E-state index contributed by atoms with van der Waals surface area (Å²) in [6, 6.07) is 12.3. The Balaban J connectivity index is 1.75. The van der Waals surface area contributed by atoms with E-state index in [9.17, 15) is 10.0 Å². The number of rotatable bonds is 6. The van der Waals surface area contributed by atoms with Crippen LogP contribution < -0.4 is 4.74 Å². The number of nitroso groups, excluding NO2 is 1. The van der Waals surface area contributed by atoms with Crippen LogP contribution in [-0.4, -0.2) is 16.3 Å². The van der Waals surface area contributed by atoms with Gasteiger partial charge in [0.05, 0.1) is 17.1 Å². The highest BCUT2D eigenvalue weighted by Gasteiger charge is 2.17. The predicted molar refractivity (Wildman–Crippen MR) is 95.6 cm³/mol. The van der Waals surface area contributed by atoms with Gasteiger partial charge >= 0.3 is 0 Å². The molecular formula is C17H14Cl2N2O3. The molecule has 0 saturated heterocycles. The van der Waals surface area contributed by atoms with E-state index < -0.39 is 0 Å². The first-order valence-electron chi connectivity index (χ1n) is 7.33. The molecule has 0 bridgehead atoms. The fourth-order valence-electron chi connectivity index (χ4n) is 2.58. The summed E-state index contributed by atoms with van der Waals surface area (Å²) in [5, 5.41) is 14.7. The first-order valence-corrected chi connectivity index (χ1v) is 8.09. The standard InChI is InChI=1S/C17H14Cl2N2O3/c18-11-6-7-14-12(10-11)16(20-23)17(22)21(14)8-3-9-24-15-5-2-1-4-13(15)19/h1-2,4-7,10,22H,3,8-9H2. The molecular weight excluding hydrogens is 351 g/mol. The molecule has 5 nitrogen and oxygen atoms in total. The Labute approximate surface area is 148 Å². The quantitative estimate of drug-likeness (QED) is 0.462. The summed E-state index contributed by atoms with van der Waals surface area (Å²) in [7, 11) is 0. The smallest absolute Gasteiger partial charge is 0.222 e. The molecule has 0 spiro atoms. The number of hydrogen-bond donors (Lipinski definition) is 1. The lowest BCUT2D eigenvalue weighted by molar-refractivity contribution is 0.298. The molecule has 2 aromatic carbocycles. The second kappa shape index (κ2) is 7.11. The van der Waals surface area contributed by atoms with E-state index >= 15 is 0 Å². The summed E-state index contributed by atoms with van der Waals surface area (Å²) < 4.78 is 7.25. The van der Waals surface area contributed by atoms with Crippen molar-refractivity contribution in [1.82, 2.24) is 4.57 Å². The van der Waals surface area contributed by atoms with Crippen LogP contribution in [0, 0.1) is 4.91 Å². The van der Waals surface area contributed by atoms with E-state index in [1.807, 2.05) is 12.1 Å². The fraction of sp³-hybridized carbons (Fsp3) is 0.176. The topological polar surface area (TPSA) is 63.8 Å². The van der Waals surface area contributed by atoms with Crippen molar-refractivity contribution in [3.8, 4) is 11.6 Å². The largest absolute Gasteiger partial charge is 0.493 e. The summed E-state index contributed by atoms with van der Waals surface area (Å²) >= 11 is 12.0. The van der Waals surface area contributed by atoms with Crippen LogP contribution in [-0.2, 0) is 6.54 Å². The monoisotopic (exact) mass is 364 g/mol. The van der Waals surface area contributed by atoms with Gasteiger partial charge in [0.1, 0.15) is 5.75 Å². The molecule has 0 amide bonds. The molecule has 7 heteroatoms. The van der Waals surface area contributed by atoms with Gasteiger partial charge in [-0.3, -0.25) is 0 Å². The first-order chi connectivity index (χ1) is 11.6. The van der Waals surface area contributed by atoms with Gasteiger partial charge in [0.25, 0.3) is 0 Å². The number of ether oxygens (including phenoxy) is 1. The Morgan fingerprint density at radius 2 is 1.96 bits per heavy atom. The molecule has 0 fully saturated rings. The summed E-state index contributed by atoms with van der Waals surface area (Å²) in [5.41, 5.74) is 0.698. The third kappa shape index (κ3) is 3.18. The Hall–Kier alpha value is -2.24. The van der Waals surface area contributed by atoms with Crippen LogP contribution in [0.5, 0.6) is 11.6 Å². The van der Waals surface area contributed by atoms with Crippen molar-refractivity contribution in [2.24, 2.45) is 5.18 Å². The normalized spacial score (nSPS) is 10.9. The van der Waals surface area contributed by atoms with Gasteiger partial charge in [-0.15, -0.1) is 4.91 Å². The number of nitrogens with zero attached hydrogens (tertiary/aromatic N) is 2. The van der Waals surface area contributed by atoms with Crippen LogP contribution in [0.4, 0.5) is 5.69 Å². The second-order valence-electron chi connectivity index (χ2n) is 5.21. The zero-order valence-corrected chi connectivity index (χ0v) is 14.1. The van der Waals surface area contributed by atoms with Crippen LogP contribution in [0.15, 0.2) is 47.6 Å². The van der Waals surface area contributed by atoms with Crippen molar-refractivity contribution in [3.05, 3.63) is 57.4 Å². The van der Waals surface area contributed by atoms with Gasteiger partial charge in [0, 0.05) is 17.0 Å². The average molecular weight is 365 g/mol. The third-order valence-electron chi connectivity index (χ3n) is 3.68. The summed E-state index contributed by atoms with van der Waals surface area (Å²) in [5.74, 6) is 0.447. The number of benzene rings is 2. The average Bonchev–Trinajstić information content (AvgIpc) is 2.83. The van der Waals surface area contributed by atoms with Crippen LogP contribution in [0.1, 0.15) is 6.42 Å². The van der Waals surface area contributed by atoms with Crippen molar-refractivity contribution < 1.29 is 9.84 Å². The maximum Gasteiger partial charge on any atom is 0.222 e. The number of aromatic nitrogens is 1. The van der Waals surface area contributed by atoms with Gasteiger partial charge in [-0.25, -0.2) is 0 Å². The molecule has 0 saturated carbocycles. The molecule has 124 valence electrons. The fourth-order valence-corrected chi connectivity index (χ4v) is 2.94. The lowest BCUT2D eigenvalue weighted by Gasteiger charge is -2.09. The Kier molecular flexibility index (Phi) is 4.92. The maximum absolute atomic E-state index is 11.0. The Morgan fingerprint density at radius 3 is 2.71 bits per heavy atom. The number of fused-ring (bicyclic) bond motifs is 1. The van der Waals surface area contributed by atoms with Gasteiger partial charge in [-0.2, -0.15) is 0 Å². The number of hydrogen-bond acceptors (Lipinski definition) is 4. The van der Waals surface area contributed by atoms with Crippen molar-refractivity contribution in [2.45, 2.75) is 13.0 Å². The molecule has 0 aliphatic carbocycles. The van der Waals surface area contributed by atoms with Gasteiger partial charge in [0.2, 0.25) is 5.88 Å². The van der Waals surface area contributed by atoms with E-state index in [1.165, 1.54) is 0 Å². The zero-order valence-electron chi connectivity index (χ0n) is 12.6. The van der Waals surface area contributed by atoms with Gasteiger partial charge in [0.15, 0.2) is 5.69 Å². The SMILES string of the molecule is O=Nc1c(O)n(CCCOc2ccccc2Cl)c2ccc(Cl)cc12.